The molecule has 0 bridgehead atoms. The highest BCUT2D eigenvalue weighted by Gasteiger charge is 2.47. The first-order valence-corrected chi connectivity index (χ1v) is 56.3. The van der Waals surface area contributed by atoms with Crippen LogP contribution in [0.5, 0.6) is 0 Å². The molecule has 16 rings (SSSR count). The number of thiazole rings is 4. The fourth-order valence-corrected chi connectivity index (χ4v) is 24.5. The van der Waals surface area contributed by atoms with E-state index in [9.17, 15) is 88.4 Å². The second-order valence-corrected chi connectivity index (χ2v) is 48.4. The summed E-state index contributed by atoms with van der Waals surface area (Å²) < 4.78 is 107. The van der Waals surface area contributed by atoms with Gasteiger partial charge in [-0.3, -0.25) is 38.4 Å². The van der Waals surface area contributed by atoms with Crippen molar-refractivity contribution in [1.29, 1.82) is 0 Å². The van der Waals surface area contributed by atoms with Crippen molar-refractivity contribution in [3.8, 4) is 41.8 Å². The van der Waals surface area contributed by atoms with E-state index in [2.05, 4.69) is 89.3 Å². The molecule has 0 spiro atoms. The molecule has 0 radical (unpaired) electrons. The molecule has 802 valence electrons. The van der Waals surface area contributed by atoms with Gasteiger partial charge < -0.3 is 77.5 Å². The number of pyridine rings is 4. The quantitative estimate of drug-likeness (QED) is 0.0203. The normalized spacial score (nSPS) is 19.0. The van der Waals surface area contributed by atoms with E-state index in [0.29, 0.717) is 88.9 Å². The van der Waals surface area contributed by atoms with Crippen molar-refractivity contribution in [2.75, 3.05) is 91.7 Å². The molecule has 0 aromatic carbocycles. The van der Waals surface area contributed by atoms with E-state index in [0.717, 1.165) is 156 Å². The first-order valence-electron chi connectivity index (χ1n) is 51.2. The lowest BCUT2D eigenvalue weighted by Gasteiger charge is -2.33. The molecule has 0 unspecified atom stereocenters. The van der Waals surface area contributed by atoms with Gasteiger partial charge in [0.05, 0.1) is 59.9 Å². The third-order valence-corrected chi connectivity index (χ3v) is 33.2. The van der Waals surface area contributed by atoms with Crippen LogP contribution in [0.1, 0.15) is 340 Å². The molecule has 5 aliphatic heterocycles. The molecule has 8 aliphatic rings. The Bertz CT molecular complexity index is 6050. The van der Waals surface area contributed by atoms with Gasteiger partial charge in [-0.25, -0.2) is 74.6 Å². The van der Waals surface area contributed by atoms with Gasteiger partial charge in [0, 0.05) is 148 Å². The third kappa shape index (κ3) is 31.6. The van der Waals surface area contributed by atoms with Gasteiger partial charge in [-0.05, 0) is 227 Å². The zero-order valence-corrected chi connectivity index (χ0v) is 90.0. The van der Waals surface area contributed by atoms with Crippen molar-refractivity contribution in [2.24, 2.45) is 0 Å². The van der Waals surface area contributed by atoms with Crippen molar-refractivity contribution >= 4 is 126 Å². The minimum absolute atomic E-state index is 0.0124. The van der Waals surface area contributed by atoms with Crippen molar-refractivity contribution in [1.82, 2.24) is 80.7 Å². The fourth-order valence-electron chi connectivity index (χ4n) is 18.9. The van der Waals surface area contributed by atoms with Gasteiger partial charge in [0.1, 0.15) is 68.2 Å². The van der Waals surface area contributed by atoms with Crippen LogP contribution in [0.2, 0.25) is 0 Å². The van der Waals surface area contributed by atoms with E-state index < -0.39 is 99.9 Å². The molecule has 11 N–H and O–H groups in total. The number of halogens is 6. The van der Waals surface area contributed by atoms with Crippen LogP contribution < -0.4 is 42.5 Å². The van der Waals surface area contributed by atoms with E-state index in [-0.39, 0.29) is 158 Å². The van der Waals surface area contributed by atoms with Crippen LogP contribution >= 0.6 is 45.3 Å². The molecular weight excluding hydrogens is 2000 g/mol. The van der Waals surface area contributed by atoms with Gasteiger partial charge >= 0.3 is 0 Å². The number of amides is 8. The van der Waals surface area contributed by atoms with E-state index in [1.807, 2.05) is 57.7 Å². The Hall–Kier alpha value is -10.5. The Morgan fingerprint density at radius 3 is 1.19 bits per heavy atom. The summed E-state index contributed by atoms with van der Waals surface area (Å²) in [6.45, 7) is 23.8. The highest BCUT2D eigenvalue weighted by Crippen LogP contribution is 2.44. The van der Waals surface area contributed by atoms with Gasteiger partial charge in [0.15, 0.2) is 20.0 Å². The summed E-state index contributed by atoms with van der Waals surface area (Å²) in [5, 5.41) is 54.4. The number of sulfone groups is 1. The molecule has 33 nitrogen and oxygen atoms in total. The zero-order chi connectivity index (χ0) is 106. The summed E-state index contributed by atoms with van der Waals surface area (Å²) in [6.07, 6.45) is 23.0. The minimum Gasteiger partial charge on any atom is -0.389 e. The number of likely N-dealkylation sites (tertiary alicyclic amines) is 4. The number of nitrogens with zero attached hydrogens (tertiary/aromatic N) is 12. The monoisotopic (exact) mass is 2140 g/mol. The summed E-state index contributed by atoms with van der Waals surface area (Å²) in [5.41, 5.74) is 1.77. The predicted molar refractivity (Wildman–Crippen MR) is 560 cm³/mol. The number of aliphatic hydroxyl groups is 3. The lowest BCUT2D eigenvalue weighted by atomic mass is 9.95. The molecule has 8 aromatic rings. The molecular formula is C103H140F6N20O13S5. The maximum atomic E-state index is 14.1. The summed E-state index contributed by atoms with van der Waals surface area (Å²) in [4.78, 5) is 149. The topological polar surface area (TPSA) is 444 Å². The largest absolute Gasteiger partial charge is 0.389 e. The maximum Gasteiger partial charge on any atom is 0.280 e. The molecule has 8 amide bonds. The molecule has 5 saturated heterocycles. The standard InChI is InChI=1S/C28H39N5O4S2.C26H34F3N5O3S.C26H35F2N5O3S.C23H32FN5O3S/c1-18-16-23(30-20-9-4-3-5-10-20)29-17-22(18)25-24(28(35)33-13-7-6-8-19(33)2)32-27(38-25)26(34)31-21-11-14-39(36,37)15-12-21;1-26(2,37)14-31-23(35)24-33-19(25(36)34-10-8-16(27)9-11-34)20(38-24)15-12-18(21(28)29)22(30-13-15)32-17-6-4-3-5-7-17;1-15-10-19(31-17-8-6-5-7-9-17)29-12-18(15)21-20(24(35)33-14-26(27,28)11-16(33)2)32-23(37-21)22(34)30-13-25(3,4)36;1-13(2)27-17-10-14(3)16(11-25-17)19-18(22(31)29-8-6-15(24)7-9-29)28-21(33-19)20(30)26-12-23(4,5)32/h16-17,19-21H,3-15H2,1-2H3,(H,29,30)(H,31,34);12-13,16-17,21,37H,3-11,14H2,1-2H3,(H,30,32)(H,31,35);10,12,16-17,36H,5-9,11,13-14H2,1-4H3,(H,29,31)(H,30,34);10-11,13,15,32H,6-9,12H2,1-5H3,(H,25,27)(H,26,30)/t19-;;16-;/m0.0./s1. The number of rotatable bonds is 28. The highest BCUT2D eigenvalue weighted by atomic mass is 32.2. The number of anilines is 4. The van der Waals surface area contributed by atoms with E-state index in [4.69, 9.17) is 0 Å². The Balaban J connectivity index is 0.000000164. The Labute approximate surface area is 871 Å². The lowest BCUT2D eigenvalue weighted by molar-refractivity contribution is 0.0117. The van der Waals surface area contributed by atoms with Crippen LogP contribution in [0.25, 0.3) is 41.8 Å². The third-order valence-electron chi connectivity index (χ3n) is 27.1. The maximum absolute atomic E-state index is 14.1. The number of hydrogen-bond donors (Lipinski definition) is 11. The fraction of sp³-hybridized carbons (Fsp3) is 0.612. The average molecular weight is 2140 g/mol. The predicted octanol–water partition coefficient (Wildman–Crippen LogP) is 17.6. The Kier molecular flexibility index (Phi) is 38.6. The molecule has 2 atom stereocenters. The number of carbonyl (C=O) groups is 8. The minimum atomic E-state index is -3.03. The Morgan fingerprint density at radius 2 is 0.810 bits per heavy atom. The van der Waals surface area contributed by atoms with Crippen LogP contribution in [-0.2, 0) is 9.84 Å². The van der Waals surface area contributed by atoms with Crippen LogP contribution in [-0.4, -0.2) is 278 Å². The van der Waals surface area contributed by atoms with E-state index in [1.165, 1.54) is 80.9 Å². The first-order chi connectivity index (χ1) is 69.5. The second-order valence-electron chi connectivity index (χ2n) is 42.1. The van der Waals surface area contributed by atoms with Crippen LogP contribution in [0.15, 0.2) is 49.1 Å². The summed E-state index contributed by atoms with van der Waals surface area (Å²) >= 11 is 4.23. The smallest absolute Gasteiger partial charge is 0.280 e. The molecule has 8 fully saturated rings. The SMILES string of the molecule is CC(C)(O)CNC(=O)c1nc(C(=O)N2CCC(F)CC2)c(-c2cnc(NC3CCCCC3)c(C(F)F)c2)s1.Cc1cc(NC(C)C)ncc1-c1sc(C(=O)NCC(C)(C)O)nc1C(=O)N1CCC(F)CC1.Cc1cc(NC2CCCCC2)ncc1-c1sc(C(=O)NC2CCS(=O)(=O)CC2)nc1C(=O)N1CCCC[C@@H]1C.Cc1cc(NC2CCCCC2)ncc1-c1sc(C(=O)NCC(C)(C)O)nc1C(=O)N1CC(F)(F)C[C@@H]1C. The van der Waals surface area contributed by atoms with E-state index >= 15 is 0 Å². The van der Waals surface area contributed by atoms with Gasteiger partial charge in [0.25, 0.3) is 59.6 Å². The second kappa shape index (κ2) is 50.0. The van der Waals surface area contributed by atoms with E-state index in [1.54, 1.807) is 58.1 Å². The molecule has 13 heterocycles. The van der Waals surface area contributed by atoms with Crippen LogP contribution in [0.4, 0.5) is 49.6 Å². The highest BCUT2D eigenvalue weighted by molar-refractivity contribution is 7.91. The number of carbonyl (C=O) groups excluding carboxylic acids is 8. The Morgan fingerprint density at radius 1 is 0.442 bits per heavy atom. The molecule has 44 heteroatoms. The van der Waals surface area contributed by atoms with Crippen molar-refractivity contribution < 1.29 is 88.4 Å². The molecule has 8 aromatic heterocycles. The molecule has 3 saturated carbocycles. The summed E-state index contributed by atoms with van der Waals surface area (Å²) in [5.74, 6) is -4.00. The number of alkyl halides is 6. The van der Waals surface area contributed by atoms with Crippen molar-refractivity contribution in [3.05, 3.63) is 114 Å². The van der Waals surface area contributed by atoms with Gasteiger partial charge in [-0.2, -0.15) is 0 Å². The van der Waals surface area contributed by atoms with Crippen LogP contribution in [0.3, 0.4) is 0 Å². The zero-order valence-electron chi connectivity index (χ0n) is 85.9. The van der Waals surface area contributed by atoms with Crippen LogP contribution in [0, 0.1) is 20.8 Å². The molecule has 147 heavy (non-hydrogen) atoms. The van der Waals surface area contributed by atoms with Crippen molar-refractivity contribution in [2.45, 2.75) is 334 Å². The van der Waals surface area contributed by atoms with Gasteiger partial charge in [-0.1, -0.05) is 57.8 Å². The van der Waals surface area contributed by atoms with Gasteiger partial charge in [-0.15, -0.1) is 45.3 Å². The summed E-state index contributed by atoms with van der Waals surface area (Å²) in [7, 11) is -3.03. The average Bonchev–Trinajstić information content (AvgIpc) is 1.60. The van der Waals surface area contributed by atoms with Crippen molar-refractivity contribution in [3.63, 3.8) is 0 Å². The van der Waals surface area contributed by atoms with Gasteiger partial charge in [0.2, 0.25) is 0 Å². The number of aromatic nitrogens is 8. The number of nitrogens with one attached hydrogen (secondary N) is 8. The summed E-state index contributed by atoms with van der Waals surface area (Å²) in [6, 6.07) is 7.43. The lowest BCUT2D eigenvalue weighted by Crippen LogP contribution is -2.42. The molecule has 3 aliphatic carbocycles. The number of aryl methyl sites for hydroxylation is 3. The number of hydrogen-bond acceptors (Lipinski definition) is 29. The number of piperidine rings is 3. The first kappa shape index (κ1) is 114.